The van der Waals surface area contributed by atoms with Crippen molar-refractivity contribution in [1.29, 1.82) is 0 Å². The Morgan fingerprint density at radius 1 is 1.23 bits per heavy atom. The Bertz CT molecular complexity index is 635. The van der Waals surface area contributed by atoms with Crippen LogP contribution in [0.5, 0.6) is 0 Å². The van der Waals surface area contributed by atoms with E-state index in [1.54, 1.807) is 0 Å². The summed E-state index contributed by atoms with van der Waals surface area (Å²) in [5, 5.41) is 6.54. The Morgan fingerprint density at radius 2 is 1.92 bits per heavy atom. The van der Waals surface area contributed by atoms with Crippen LogP contribution in [0.25, 0.3) is 0 Å². The van der Waals surface area contributed by atoms with Crippen LogP contribution in [0.3, 0.4) is 0 Å². The van der Waals surface area contributed by atoms with Crippen LogP contribution < -0.4 is 10.6 Å². The summed E-state index contributed by atoms with van der Waals surface area (Å²) in [5.74, 6) is 0.0439. The van der Waals surface area contributed by atoms with Gasteiger partial charge < -0.3 is 15.5 Å². The Balaban J connectivity index is 1.54. The maximum absolute atomic E-state index is 12.7. The Kier molecular flexibility index (Phi) is 5.97. The number of amides is 2. The minimum Gasteiger partial charge on any atom is -0.355 e. The Hall–Kier alpha value is -1.88. The number of piperidine rings is 2. The van der Waals surface area contributed by atoms with Gasteiger partial charge in [-0.15, -0.1) is 0 Å². The second-order valence-electron chi connectivity index (χ2n) is 8.23. The lowest BCUT2D eigenvalue weighted by Crippen LogP contribution is -2.48. The van der Waals surface area contributed by atoms with Crippen LogP contribution in [0.4, 0.5) is 0 Å². The van der Waals surface area contributed by atoms with E-state index in [9.17, 15) is 9.59 Å². The fourth-order valence-corrected chi connectivity index (χ4v) is 3.91. The number of hydrogen-bond donors (Lipinski definition) is 2. The first-order valence-corrected chi connectivity index (χ1v) is 9.81. The van der Waals surface area contributed by atoms with Gasteiger partial charge in [0.1, 0.15) is 0 Å². The van der Waals surface area contributed by atoms with Crippen LogP contribution in [0.15, 0.2) is 24.3 Å². The molecule has 0 bridgehead atoms. The summed E-state index contributed by atoms with van der Waals surface area (Å²) < 4.78 is 0. The van der Waals surface area contributed by atoms with Crippen LogP contribution in [0.1, 0.15) is 48.5 Å². The minimum absolute atomic E-state index is 0.0350. The van der Waals surface area contributed by atoms with Gasteiger partial charge in [-0.3, -0.25) is 9.59 Å². The molecule has 5 heteroatoms. The zero-order chi connectivity index (χ0) is 18.6. The van der Waals surface area contributed by atoms with Gasteiger partial charge in [0.2, 0.25) is 5.91 Å². The quantitative estimate of drug-likeness (QED) is 0.870. The number of hydrogen-bond acceptors (Lipinski definition) is 3. The van der Waals surface area contributed by atoms with E-state index in [-0.39, 0.29) is 23.1 Å². The van der Waals surface area contributed by atoms with E-state index in [4.69, 9.17) is 0 Å². The maximum Gasteiger partial charge on any atom is 0.253 e. The van der Waals surface area contributed by atoms with Crippen molar-refractivity contribution in [1.82, 2.24) is 15.5 Å². The van der Waals surface area contributed by atoms with Gasteiger partial charge >= 0.3 is 0 Å². The Labute approximate surface area is 156 Å². The van der Waals surface area contributed by atoms with Crippen molar-refractivity contribution in [3.05, 3.63) is 35.4 Å². The second-order valence-corrected chi connectivity index (χ2v) is 8.23. The highest BCUT2D eigenvalue weighted by atomic mass is 16.2. The lowest BCUT2D eigenvalue weighted by molar-refractivity contribution is -0.126. The molecule has 1 unspecified atom stereocenters. The highest BCUT2D eigenvalue weighted by Gasteiger charge is 2.31. The Morgan fingerprint density at radius 3 is 2.62 bits per heavy atom. The van der Waals surface area contributed by atoms with E-state index >= 15 is 0 Å². The van der Waals surface area contributed by atoms with Crippen molar-refractivity contribution in [2.24, 2.45) is 11.3 Å². The first-order valence-electron chi connectivity index (χ1n) is 9.81. The van der Waals surface area contributed by atoms with E-state index in [0.29, 0.717) is 12.1 Å². The van der Waals surface area contributed by atoms with Gasteiger partial charge in [0.25, 0.3) is 5.91 Å². The minimum atomic E-state index is -0.0940. The third kappa shape index (κ3) is 4.64. The van der Waals surface area contributed by atoms with Crippen molar-refractivity contribution < 1.29 is 9.59 Å². The summed E-state index contributed by atoms with van der Waals surface area (Å²) >= 11 is 0. The number of benzene rings is 1. The first kappa shape index (κ1) is 18.9. The zero-order valence-electron chi connectivity index (χ0n) is 16.0. The molecule has 2 aliphatic heterocycles. The lowest BCUT2D eigenvalue weighted by atomic mass is 9.81. The molecule has 2 amide bonds. The fraction of sp³-hybridized carbons (Fsp3) is 0.619. The number of nitrogens with one attached hydrogen (secondary N) is 2. The topological polar surface area (TPSA) is 61.4 Å². The van der Waals surface area contributed by atoms with Gasteiger partial charge in [-0.1, -0.05) is 24.6 Å². The number of carbonyl (C=O) groups excluding carboxylic acids is 2. The molecule has 0 saturated carbocycles. The molecule has 0 aliphatic carbocycles. The van der Waals surface area contributed by atoms with Crippen molar-refractivity contribution in [3.63, 3.8) is 0 Å². The van der Waals surface area contributed by atoms with Crippen molar-refractivity contribution >= 4 is 11.8 Å². The molecule has 1 atom stereocenters. The average Bonchev–Trinajstić information content (AvgIpc) is 2.67. The summed E-state index contributed by atoms with van der Waals surface area (Å²) in [5.41, 5.74) is 2.04. The predicted octanol–water partition coefficient (Wildman–Crippen LogP) is 2.35. The van der Waals surface area contributed by atoms with Crippen LogP contribution in [-0.2, 0) is 4.79 Å². The van der Waals surface area contributed by atoms with Gasteiger partial charge in [0.15, 0.2) is 0 Å². The van der Waals surface area contributed by atoms with Crippen molar-refractivity contribution in [2.45, 2.75) is 39.5 Å². The number of rotatable bonds is 4. The summed E-state index contributed by atoms with van der Waals surface area (Å²) in [6.07, 6.45) is 3.94. The highest BCUT2D eigenvalue weighted by Crippen LogP contribution is 2.27. The largest absolute Gasteiger partial charge is 0.355 e. The molecular weight excluding hydrogens is 326 g/mol. The standard InChI is InChI=1S/C21H31N3O2/c1-16-5-7-17(8-6-16)20(26)24-13-3-4-18(14-24)19(25)23-15-21(2)9-11-22-12-10-21/h5-8,18,22H,3-4,9-15H2,1-2H3,(H,23,25). The third-order valence-electron chi connectivity index (χ3n) is 5.88. The summed E-state index contributed by atoms with van der Waals surface area (Å²) in [6.45, 7) is 8.30. The van der Waals surface area contributed by atoms with Gasteiger partial charge in [-0.2, -0.15) is 0 Å². The molecule has 0 spiro atoms. The SMILES string of the molecule is Cc1ccc(C(=O)N2CCCC(C(=O)NCC3(C)CCNCC3)C2)cc1. The molecule has 142 valence electrons. The van der Waals surface area contributed by atoms with Gasteiger partial charge in [-0.25, -0.2) is 0 Å². The van der Waals surface area contributed by atoms with Crippen molar-refractivity contribution in [3.8, 4) is 0 Å². The van der Waals surface area contributed by atoms with Crippen molar-refractivity contribution in [2.75, 3.05) is 32.7 Å². The highest BCUT2D eigenvalue weighted by molar-refractivity contribution is 5.94. The molecular formula is C21H31N3O2. The maximum atomic E-state index is 12.7. The molecule has 5 nitrogen and oxygen atoms in total. The van der Waals surface area contributed by atoms with E-state index in [0.717, 1.165) is 57.4 Å². The molecule has 2 N–H and O–H groups in total. The molecule has 0 radical (unpaired) electrons. The molecule has 2 aliphatic rings. The van der Waals surface area contributed by atoms with E-state index in [1.165, 1.54) is 0 Å². The smallest absolute Gasteiger partial charge is 0.253 e. The van der Waals surface area contributed by atoms with Gasteiger partial charge in [-0.05, 0) is 63.2 Å². The molecule has 3 rings (SSSR count). The molecule has 1 aromatic carbocycles. The average molecular weight is 357 g/mol. The summed E-state index contributed by atoms with van der Waals surface area (Å²) in [6, 6.07) is 7.67. The summed E-state index contributed by atoms with van der Waals surface area (Å²) in [4.78, 5) is 27.2. The van der Waals surface area contributed by atoms with Gasteiger partial charge in [0.05, 0.1) is 5.92 Å². The number of likely N-dealkylation sites (tertiary alicyclic amines) is 1. The van der Waals surface area contributed by atoms with Gasteiger partial charge in [0, 0.05) is 25.2 Å². The molecule has 2 fully saturated rings. The van der Waals surface area contributed by atoms with E-state index < -0.39 is 0 Å². The second kappa shape index (κ2) is 8.21. The van der Waals surface area contributed by atoms with Crippen LogP contribution in [-0.4, -0.2) is 49.4 Å². The fourth-order valence-electron chi connectivity index (χ4n) is 3.91. The number of carbonyl (C=O) groups is 2. The zero-order valence-corrected chi connectivity index (χ0v) is 16.0. The molecule has 2 heterocycles. The molecule has 26 heavy (non-hydrogen) atoms. The first-order chi connectivity index (χ1) is 12.5. The molecule has 2 saturated heterocycles. The predicted molar refractivity (Wildman–Crippen MR) is 103 cm³/mol. The lowest BCUT2D eigenvalue weighted by Gasteiger charge is -2.36. The van der Waals surface area contributed by atoms with E-state index in [2.05, 4.69) is 17.6 Å². The molecule has 0 aromatic heterocycles. The van der Waals surface area contributed by atoms with Crippen LogP contribution in [0.2, 0.25) is 0 Å². The number of nitrogens with zero attached hydrogens (tertiary/aromatic N) is 1. The summed E-state index contributed by atoms with van der Waals surface area (Å²) in [7, 11) is 0. The normalized spacial score (nSPS) is 22.7. The molecule has 1 aromatic rings. The number of aryl methyl sites for hydroxylation is 1. The monoisotopic (exact) mass is 357 g/mol. The third-order valence-corrected chi connectivity index (χ3v) is 5.88. The van der Waals surface area contributed by atoms with E-state index in [1.807, 2.05) is 36.1 Å². The van der Waals surface area contributed by atoms with Crippen LogP contribution >= 0.6 is 0 Å². The van der Waals surface area contributed by atoms with Crippen LogP contribution in [0, 0.1) is 18.3 Å².